The second kappa shape index (κ2) is 70.1. The molecule has 6 nitrogen and oxygen atoms in total. The normalized spacial score (nSPS) is 12.6. The van der Waals surface area contributed by atoms with E-state index >= 15 is 0 Å². The molecule has 1 atom stereocenters. The number of unbranched alkanes of at least 4 members (excludes halogenated alkanes) is 40. The highest BCUT2D eigenvalue weighted by Crippen LogP contribution is 2.18. The van der Waals surface area contributed by atoms with Crippen LogP contribution in [0.5, 0.6) is 0 Å². The van der Waals surface area contributed by atoms with Gasteiger partial charge < -0.3 is 14.2 Å². The fourth-order valence-corrected chi connectivity index (χ4v) is 10.3. The number of allylic oxidation sites excluding steroid dienone is 14. The van der Waals surface area contributed by atoms with E-state index in [1.54, 1.807) is 0 Å². The Bertz CT molecular complexity index is 1550. The number of rotatable bonds is 65. The molecular weight excluding hydrogens is 1010 g/mol. The van der Waals surface area contributed by atoms with Gasteiger partial charge in [-0.1, -0.05) is 337 Å². The average Bonchev–Trinajstić information content (AvgIpc) is 3.47. The van der Waals surface area contributed by atoms with Gasteiger partial charge in [0.05, 0.1) is 0 Å². The van der Waals surface area contributed by atoms with Crippen LogP contribution >= 0.6 is 0 Å². The van der Waals surface area contributed by atoms with Crippen molar-refractivity contribution in [3.05, 3.63) is 85.1 Å². The molecule has 0 aromatic rings. The maximum atomic E-state index is 12.9. The molecule has 0 saturated heterocycles. The largest absolute Gasteiger partial charge is 0.462 e. The Morgan fingerprint density at radius 1 is 0.256 bits per heavy atom. The van der Waals surface area contributed by atoms with E-state index in [-0.39, 0.29) is 37.5 Å². The Morgan fingerprint density at radius 3 is 0.780 bits per heavy atom. The van der Waals surface area contributed by atoms with Crippen LogP contribution in [-0.2, 0) is 28.6 Å². The van der Waals surface area contributed by atoms with Gasteiger partial charge in [-0.15, -0.1) is 0 Å². The molecule has 0 amide bonds. The standard InChI is InChI=1S/C76H134O6/c1-4-7-10-13-16-19-22-25-28-31-32-33-34-35-36-37-38-39-40-41-42-43-44-46-48-51-54-57-60-63-66-69-75(78)81-72-73(71-80-74(77)68-65-62-59-56-53-50-47-30-27-24-21-18-15-12-9-6-3)82-76(79)70-67-64-61-58-55-52-49-45-29-26-23-20-17-14-11-8-5-2/h8,11,17,20,22,25-26,29,31-32,49,52,58,61,73H,4-7,9-10,12-16,18-19,21,23-24,27-28,30,33-48,50-51,53-57,59-60,62-72H2,1-3H3/b11-8-,20-17-,25-22-,29-26-,32-31-,52-49-,61-58-. The van der Waals surface area contributed by atoms with Gasteiger partial charge in [-0.2, -0.15) is 0 Å². The van der Waals surface area contributed by atoms with Crippen LogP contribution in [0.1, 0.15) is 361 Å². The summed E-state index contributed by atoms with van der Waals surface area (Å²) in [7, 11) is 0. The van der Waals surface area contributed by atoms with Gasteiger partial charge in [-0.25, -0.2) is 0 Å². The SMILES string of the molecule is CC/C=C\C/C=C\C/C=C\C/C=C\C/C=C\CCCC(=O)OC(COC(=O)CCCCCCCCCCCCCCCCCC)COC(=O)CCCCCCCCCCCCCCCCCCCCC/C=C\C/C=C\CCCCCCC. The van der Waals surface area contributed by atoms with E-state index in [0.717, 1.165) is 83.5 Å². The van der Waals surface area contributed by atoms with Gasteiger partial charge in [-0.05, 0) is 89.9 Å². The number of hydrogen-bond donors (Lipinski definition) is 0. The molecule has 0 spiro atoms. The van der Waals surface area contributed by atoms with Crippen molar-refractivity contribution >= 4 is 17.9 Å². The first-order chi connectivity index (χ1) is 40.5. The second-order valence-corrected chi connectivity index (χ2v) is 23.8. The molecule has 0 bridgehead atoms. The maximum absolute atomic E-state index is 12.9. The van der Waals surface area contributed by atoms with Crippen molar-refractivity contribution < 1.29 is 28.6 Å². The summed E-state index contributed by atoms with van der Waals surface area (Å²) in [6.07, 6.45) is 93.4. The molecule has 0 aromatic heterocycles. The summed E-state index contributed by atoms with van der Waals surface area (Å²) in [6.45, 7) is 6.52. The lowest BCUT2D eigenvalue weighted by Gasteiger charge is -2.18. The second-order valence-electron chi connectivity index (χ2n) is 23.8. The fourth-order valence-electron chi connectivity index (χ4n) is 10.3. The zero-order valence-corrected chi connectivity index (χ0v) is 54.5. The summed E-state index contributed by atoms with van der Waals surface area (Å²) in [5.74, 6) is -0.933. The Morgan fingerprint density at radius 2 is 0.488 bits per heavy atom. The van der Waals surface area contributed by atoms with Crippen LogP contribution in [0.25, 0.3) is 0 Å². The number of esters is 3. The fraction of sp³-hybridized carbons (Fsp3) is 0.776. The summed E-state index contributed by atoms with van der Waals surface area (Å²) in [5.41, 5.74) is 0. The number of carbonyl (C=O) groups excluding carboxylic acids is 3. The number of carbonyl (C=O) groups is 3. The lowest BCUT2D eigenvalue weighted by molar-refractivity contribution is -0.167. The third-order valence-electron chi connectivity index (χ3n) is 15.6. The molecule has 82 heavy (non-hydrogen) atoms. The van der Waals surface area contributed by atoms with E-state index in [4.69, 9.17) is 14.2 Å². The first-order valence-corrected chi connectivity index (χ1v) is 35.6. The Hall–Kier alpha value is -3.41. The summed E-state index contributed by atoms with van der Waals surface area (Å²) in [4.78, 5) is 38.4. The summed E-state index contributed by atoms with van der Waals surface area (Å²) in [5, 5.41) is 0. The average molecular weight is 1140 g/mol. The summed E-state index contributed by atoms with van der Waals surface area (Å²) >= 11 is 0. The quantitative estimate of drug-likeness (QED) is 0.0261. The van der Waals surface area contributed by atoms with E-state index in [1.807, 2.05) is 0 Å². The summed E-state index contributed by atoms with van der Waals surface area (Å²) in [6, 6.07) is 0. The number of ether oxygens (including phenoxy) is 3. The van der Waals surface area contributed by atoms with Gasteiger partial charge in [-0.3, -0.25) is 14.4 Å². The molecule has 0 aliphatic heterocycles. The lowest BCUT2D eigenvalue weighted by atomic mass is 10.0. The minimum Gasteiger partial charge on any atom is -0.462 e. The minimum atomic E-state index is -0.805. The molecule has 0 aromatic carbocycles. The first kappa shape index (κ1) is 78.6. The monoisotopic (exact) mass is 1140 g/mol. The van der Waals surface area contributed by atoms with Crippen LogP contribution in [-0.4, -0.2) is 37.2 Å². The zero-order chi connectivity index (χ0) is 59.2. The topological polar surface area (TPSA) is 78.9 Å². The zero-order valence-electron chi connectivity index (χ0n) is 54.5. The van der Waals surface area contributed by atoms with Crippen LogP contribution < -0.4 is 0 Å². The van der Waals surface area contributed by atoms with Crippen LogP contribution in [0.15, 0.2) is 85.1 Å². The highest BCUT2D eigenvalue weighted by Gasteiger charge is 2.19. The molecule has 0 N–H and O–H groups in total. The van der Waals surface area contributed by atoms with E-state index < -0.39 is 6.10 Å². The molecule has 6 heteroatoms. The molecule has 0 fully saturated rings. The highest BCUT2D eigenvalue weighted by atomic mass is 16.6. The lowest BCUT2D eigenvalue weighted by Crippen LogP contribution is -2.30. The van der Waals surface area contributed by atoms with Crippen LogP contribution in [0, 0.1) is 0 Å². The van der Waals surface area contributed by atoms with Crippen molar-refractivity contribution in [3.8, 4) is 0 Å². The molecule has 0 aliphatic carbocycles. The number of hydrogen-bond acceptors (Lipinski definition) is 6. The van der Waals surface area contributed by atoms with Crippen molar-refractivity contribution in [1.82, 2.24) is 0 Å². The molecule has 474 valence electrons. The highest BCUT2D eigenvalue weighted by molar-refractivity contribution is 5.71. The molecule has 0 radical (unpaired) electrons. The molecule has 0 aliphatic rings. The van der Waals surface area contributed by atoms with E-state index in [1.165, 1.54) is 231 Å². The van der Waals surface area contributed by atoms with Gasteiger partial charge in [0.15, 0.2) is 6.10 Å². The van der Waals surface area contributed by atoms with Crippen molar-refractivity contribution in [2.24, 2.45) is 0 Å². The van der Waals surface area contributed by atoms with Crippen molar-refractivity contribution in [3.63, 3.8) is 0 Å². The van der Waals surface area contributed by atoms with Crippen LogP contribution in [0.2, 0.25) is 0 Å². The molecular formula is C76H134O6. The predicted molar refractivity (Wildman–Crippen MR) is 358 cm³/mol. The maximum Gasteiger partial charge on any atom is 0.306 e. The predicted octanol–water partition coefficient (Wildman–Crippen LogP) is 24.6. The molecule has 0 rings (SSSR count). The minimum absolute atomic E-state index is 0.0945. The molecule has 0 saturated carbocycles. The van der Waals surface area contributed by atoms with E-state index in [2.05, 4.69) is 106 Å². The smallest absolute Gasteiger partial charge is 0.306 e. The molecule has 0 heterocycles. The van der Waals surface area contributed by atoms with Crippen LogP contribution in [0.3, 0.4) is 0 Å². The third-order valence-corrected chi connectivity index (χ3v) is 15.6. The summed E-state index contributed by atoms with van der Waals surface area (Å²) < 4.78 is 16.9. The van der Waals surface area contributed by atoms with Gasteiger partial charge >= 0.3 is 17.9 Å². The van der Waals surface area contributed by atoms with E-state index in [9.17, 15) is 14.4 Å². The van der Waals surface area contributed by atoms with Crippen LogP contribution in [0.4, 0.5) is 0 Å². The van der Waals surface area contributed by atoms with Crippen molar-refractivity contribution in [1.29, 1.82) is 0 Å². The van der Waals surface area contributed by atoms with Gasteiger partial charge in [0, 0.05) is 19.3 Å². The molecule has 1 unspecified atom stereocenters. The Kier molecular flexibility index (Phi) is 67.2. The van der Waals surface area contributed by atoms with E-state index in [0.29, 0.717) is 19.3 Å². The van der Waals surface area contributed by atoms with Crippen molar-refractivity contribution in [2.45, 2.75) is 367 Å². The van der Waals surface area contributed by atoms with Gasteiger partial charge in [0.1, 0.15) is 13.2 Å². The van der Waals surface area contributed by atoms with Gasteiger partial charge in [0.2, 0.25) is 0 Å². The third kappa shape index (κ3) is 67.4. The first-order valence-electron chi connectivity index (χ1n) is 35.6. The Balaban J connectivity index is 4.25. The van der Waals surface area contributed by atoms with Crippen molar-refractivity contribution in [2.75, 3.05) is 13.2 Å². The Labute approximate surface area is 509 Å². The van der Waals surface area contributed by atoms with Gasteiger partial charge in [0.25, 0.3) is 0 Å².